The fourth-order valence-electron chi connectivity index (χ4n) is 2.70. The molecule has 6 heteroatoms. The van der Waals surface area contributed by atoms with Crippen LogP contribution in [0, 0.1) is 0 Å². The number of hydrogen-bond acceptors (Lipinski definition) is 4. The summed E-state index contributed by atoms with van der Waals surface area (Å²) in [7, 11) is 0. The van der Waals surface area contributed by atoms with E-state index in [1.54, 1.807) is 24.3 Å². The number of fused-ring (bicyclic) bond motifs is 1. The van der Waals surface area contributed by atoms with Crippen molar-refractivity contribution < 1.29 is 14.3 Å². The van der Waals surface area contributed by atoms with Gasteiger partial charge in [-0.15, -0.1) is 0 Å². The van der Waals surface area contributed by atoms with Gasteiger partial charge in [0, 0.05) is 24.2 Å². The molecule has 0 aliphatic carbocycles. The van der Waals surface area contributed by atoms with Gasteiger partial charge in [-0.2, -0.15) is 0 Å². The monoisotopic (exact) mass is 339 g/mol. The molecule has 0 radical (unpaired) electrons. The minimum absolute atomic E-state index is 0.186. The van der Waals surface area contributed by atoms with Gasteiger partial charge in [0.1, 0.15) is 5.75 Å². The highest BCUT2D eigenvalue weighted by Crippen LogP contribution is 2.28. The lowest BCUT2D eigenvalue weighted by atomic mass is 10.1. The predicted octanol–water partition coefficient (Wildman–Crippen LogP) is 1.71. The lowest BCUT2D eigenvalue weighted by Gasteiger charge is -2.12. The SMILES string of the molecule is NCCCNC(=O)c1cccc(NC(=O)C2Cc3ccccc3O2)c1. The Hall–Kier alpha value is -2.86. The normalized spacial score (nSPS) is 15.2. The van der Waals surface area contributed by atoms with Crippen LogP contribution in [0.4, 0.5) is 5.69 Å². The van der Waals surface area contributed by atoms with Crippen molar-refractivity contribution in [2.24, 2.45) is 5.73 Å². The first-order chi connectivity index (χ1) is 12.2. The number of amides is 2. The lowest BCUT2D eigenvalue weighted by molar-refractivity contribution is -0.122. The molecule has 1 heterocycles. The van der Waals surface area contributed by atoms with E-state index in [0.29, 0.717) is 30.8 Å². The topological polar surface area (TPSA) is 93.5 Å². The Kier molecular flexibility index (Phi) is 5.30. The van der Waals surface area contributed by atoms with E-state index in [2.05, 4.69) is 10.6 Å². The van der Waals surface area contributed by atoms with E-state index in [1.165, 1.54) is 0 Å². The van der Waals surface area contributed by atoms with Gasteiger partial charge in [-0.25, -0.2) is 0 Å². The molecular weight excluding hydrogens is 318 g/mol. The zero-order valence-corrected chi connectivity index (χ0v) is 13.8. The highest BCUT2D eigenvalue weighted by atomic mass is 16.5. The van der Waals surface area contributed by atoms with Crippen LogP contribution in [0.25, 0.3) is 0 Å². The van der Waals surface area contributed by atoms with Gasteiger partial charge >= 0.3 is 0 Å². The van der Waals surface area contributed by atoms with E-state index in [-0.39, 0.29) is 11.8 Å². The molecule has 2 aromatic carbocycles. The molecular formula is C19H21N3O3. The Morgan fingerprint density at radius 2 is 2.00 bits per heavy atom. The number of carbonyl (C=O) groups is 2. The maximum absolute atomic E-state index is 12.4. The molecule has 3 rings (SSSR count). The van der Waals surface area contributed by atoms with Crippen LogP contribution in [0.5, 0.6) is 5.75 Å². The number of benzene rings is 2. The van der Waals surface area contributed by atoms with Crippen molar-refractivity contribution in [2.75, 3.05) is 18.4 Å². The number of nitrogens with one attached hydrogen (secondary N) is 2. The molecule has 0 spiro atoms. The zero-order chi connectivity index (χ0) is 17.6. The van der Waals surface area contributed by atoms with E-state index in [1.807, 2.05) is 24.3 Å². The third kappa shape index (κ3) is 4.16. The van der Waals surface area contributed by atoms with Crippen LogP contribution in [-0.2, 0) is 11.2 Å². The van der Waals surface area contributed by atoms with Crippen LogP contribution in [0.15, 0.2) is 48.5 Å². The molecule has 1 aliphatic rings. The minimum Gasteiger partial charge on any atom is -0.480 e. The van der Waals surface area contributed by atoms with E-state index < -0.39 is 6.10 Å². The van der Waals surface area contributed by atoms with Crippen LogP contribution in [-0.4, -0.2) is 31.0 Å². The van der Waals surface area contributed by atoms with Crippen molar-refractivity contribution in [1.29, 1.82) is 0 Å². The molecule has 6 nitrogen and oxygen atoms in total. The van der Waals surface area contributed by atoms with Gasteiger partial charge in [0.05, 0.1) is 0 Å². The number of carbonyl (C=O) groups excluding carboxylic acids is 2. The second-order valence-electron chi connectivity index (χ2n) is 5.89. The highest BCUT2D eigenvalue weighted by molar-refractivity contribution is 5.98. The fraction of sp³-hybridized carbons (Fsp3) is 0.263. The quantitative estimate of drug-likeness (QED) is 0.699. The number of para-hydroxylation sites is 1. The van der Waals surface area contributed by atoms with Crippen LogP contribution < -0.4 is 21.1 Å². The van der Waals surface area contributed by atoms with Gasteiger partial charge in [-0.3, -0.25) is 9.59 Å². The average Bonchev–Trinajstić information content (AvgIpc) is 3.06. The van der Waals surface area contributed by atoms with Crippen LogP contribution in [0.1, 0.15) is 22.3 Å². The number of rotatable bonds is 6. The van der Waals surface area contributed by atoms with Crippen LogP contribution in [0.3, 0.4) is 0 Å². The Bertz CT molecular complexity index is 751. The van der Waals surface area contributed by atoms with Crippen molar-refractivity contribution >= 4 is 17.5 Å². The maximum atomic E-state index is 12.4. The van der Waals surface area contributed by atoms with Gasteiger partial charge in [0.15, 0.2) is 6.10 Å². The van der Waals surface area contributed by atoms with Crippen molar-refractivity contribution in [3.8, 4) is 5.75 Å². The summed E-state index contributed by atoms with van der Waals surface area (Å²) in [4.78, 5) is 24.5. The maximum Gasteiger partial charge on any atom is 0.265 e. The Morgan fingerprint density at radius 3 is 2.80 bits per heavy atom. The molecule has 0 saturated heterocycles. The number of nitrogens with two attached hydrogens (primary N) is 1. The summed E-state index contributed by atoms with van der Waals surface area (Å²) in [6, 6.07) is 14.5. The van der Waals surface area contributed by atoms with Crippen LogP contribution in [0.2, 0.25) is 0 Å². The second-order valence-corrected chi connectivity index (χ2v) is 5.89. The Morgan fingerprint density at radius 1 is 1.16 bits per heavy atom. The van der Waals surface area contributed by atoms with Gasteiger partial charge in [-0.05, 0) is 42.8 Å². The largest absolute Gasteiger partial charge is 0.480 e. The molecule has 0 bridgehead atoms. The zero-order valence-electron chi connectivity index (χ0n) is 13.8. The molecule has 0 saturated carbocycles. The van der Waals surface area contributed by atoms with E-state index >= 15 is 0 Å². The molecule has 1 unspecified atom stereocenters. The third-order valence-corrected chi connectivity index (χ3v) is 4.00. The second kappa shape index (κ2) is 7.81. The van der Waals surface area contributed by atoms with Crippen molar-refractivity contribution in [3.63, 3.8) is 0 Å². The first kappa shape index (κ1) is 17.0. The summed E-state index contributed by atoms with van der Waals surface area (Å²) < 4.78 is 5.68. The van der Waals surface area contributed by atoms with Gasteiger partial charge < -0.3 is 21.1 Å². The molecule has 25 heavy (non-hydrogen) atoms. The summed E-state index contributed by atoms with van der Waals surface area (Å²) >= 11 is 0. The summed E-state index contributed by atoms with van der Waals surface area (Å²) in [5, 5.41) is 5.61. The van der Waals surface area contributed by atoms with E-state index in [0.717, 1.165) is 17.7 Å². The van der Waals surface area contributed by atoms with Crippen molar-refractivity contribution in [3.05, 3.63) is 59.7 Å². The minimum atomic E-state index is -0.556. The summed E-state index contributed by atoms with van der Waals surface area (Å²) in [5.41, 5.74) is 7.49. The van der Waals surface area contributed by atoms with Gasteiger partial charge in [0.25, 0.3) is 11.8 Å². The van der Waals surface area contributed by atoms with Crippen molar-refractivity contribution in [1.82, 2.24) is 5.32 Å². The van der Waals surface area contributed by atoms with Gasteiger partial charge in [0.2, 0.25) is 0 Å². The van der Waals surface area contributed by atoms with Gasteiger partial charge in [-0.1, -0.05) is 24.3 Å². The highest BCUT2D eigenvalue weighted by Gasteiger charge is 2.28. The fourth-order valence-corrected chi connectivity index (χ4v) is 2.70. The average molecular weight is 339 g/mol. The molecule has 4 N–H and O–H groups in total. The number of anilines is 1. The molecule has 130 valence electrons. The lowest BCUT2D eigenvalue weighted by Crippen LogP contribution is -2.31. The van der Waals surface area contributed by atoms with E-state index in [9.17, 15) is 9.59 Å². The molecule has 2 aromatic rings. The molecule has 1 atom stereocenters. The Labute approximate surface area is 146 Å². The van der Waals surface area contributed by atoms with E-state index in [4.69, 9.17) is 10.5 Å². The Balaban J connectivity index is 1.61. The summed E-state index contributed by atoms with van der Waals surface area (Å²) in [5.74, 6) is 0.335. The summed E-state index contributed by atoms with van der Waals surface area (Å²) in [6.07, 6.45) is 0.711. The molecule has 2 amide bonds. The van der Waals surface area contributed by atoms with Crippen molar-refractivity contribution in [2.45, 2.75) is 18.9 Å². The van der Waals surface area contributed by atoms with Crippen LogP contribution >= 0.6 is 0 Å². The molecule has 1 aliphatic heterocycles. The first-order valence-corrected chi connectivity index (χ1v) is 8.31. The first-order valence-electron chi connectivity index (χ1n) is 8.31. The third-order valence-electron chi connectivity index (χ3n) is 4.00. The number of hydrogen-bond donors (Lipinski definition) is 3. The molecule has 0 aromatic heterocycles. The standard InChI is InChI=1S/C19H21N3O3/c20-9-4-10-21-18(23)14-6-3-7-15(11-14)22-19(24)17-12-13-5-1-2-8-16(13)25-17/h1-3,5-8,11,17H,4,9-10,12,20H2,(H,21,23)(H,22,24). The number of ether oxygens (including phenoxy) is 1. The predicted molar refractivity (Wildman–Crippen MR) is 95.6 cm³/mol. The molecule has 0 fully saturated rings. The summed E-state index contributed by atoms with van der Waals surface area (Å²) in [6.45, 7) is 1.06. The smallest absolute Gasteiger partial charge is 0.265 e.